The number of aryl methyl sites for hydroxylation is 1. The molecule has 0 saturated carbocycles. The number of fused-ring (bicyclic) bond motifs is 1. The van der Waals surface area contributed by atoms with Gasteiger partial charge in [-0.05, 0) is 49.3 Å². The molecule has 7 heteroatoms. The highest BCUT2D eigenvalue weighted by Crippen LogP contribution is 2.34. The van der Waals surface area contributed by atoms with Crippen LogP contribution in [0.15, 0.2) is 18.2 Å². The van der Waals surface area contributed by atoms with Gasteiger partial charge in [0.15, 0.2) is 0 Å². The Morgan fingerprint density at radius 1 is 1.20 bits per heavy atom. The maximum Gasteiger partial charge on any atom is 0.408 e. The van der Waals surface area contributed by atoms with Crippen molar-refractivity contribution in [2.24, 2.45) is 0 Å². The summed E-state index contributed by atoms with van der Waals surface area (Å²) in [5.74, 6) is -0.889. The number of carbonyl (C=O) groups is 2. The first-order valence-electron chi connectivity index (χ1n) is 8.53. The van der Waals surface area contributed by atoms with Crippen LogP contribution in [-0.2, 0) is 17.6 Å². The third kappa shape index (κ3) is 3.65. The monoisotopic (exact) mass is 354 g/mol. The van der Waals surface area contributed by atoms with Crippen molar-refractivity contribution in [3.05, 3.63) is 34.9 Å². The van der Waals surface area contributed by atoms with Crippen LogP contribution in [0.2, 0.25) is 0 Å². The van der Waals surface area contributed by atoms with Crippen LogP contribution < -0.4 is 5.32 Å². The van der Waals surface area contributed by atoms with Gasteiger partial charge in [0.2, 0.25) is 5.91 Å². The van der Waals surface area contributed by atoms with E-state index in [0.717, 1.165) is 35.3 Å². The summed E-state index contributed by atoms with van der Waals surface area (Å²) in [6.07, 6.45) is -1.98. The smallest absolute Gasteiger partial charge is 0.352 e. The SMILES string of the molecule is CC(=O)N[C@@H]1CC[C@H](C(F)(F)F)N(C(=O)c2cccc3c2CCC3)C1. The lowest BCUT2D eigenvalue weighted by Crippen LogP contribution is -2.58. The summed E-state index contributed by atoms with van der Waals surface area (Å²) in [5.41, 5.74) is 2.28. The number of carbonyl (C=O) groups excluding carboxylic acids is 2. The van der Waals surface area contributed by atoms with Crippen molar-refractivity contribution >= 4 is 11.8 Å². The summed E-state index contributed by atoms with van der Waals surface area (Å²) in [5, 5.41) is 2.64. The highest BCUT2D eigenvalue weighted by Gasteiger charge is 2.48. The number of halogens is 3. The van der Waals surface area contributed by atoms with Crippen molar-refractivity contribution in [1.29, 1.82) is 0 Å². The second kappa shape index (κ2) is 6.69. The minimum absolute atomic E-state index is 0.119. The van der Waals surface area contributed by atoms with Crippen molar-refractivity contribution in [3.63, 3.8) is 0 Å². The Labute approximate surface area is 144 Å². The molecular weight excluding hydrogens is 333 g/mol. The fourth-order valence-electron chi connectivity index (χ4n) is 3.92. The molecule has 0 bridgehead atoms. The third-order valence-electron chi connectivity index (χ3n) is 5.00. The molecule has 1 fully saturated rings. The number of nitrogens with zero attached hydrogens (tertiary/aromatic N) is 1. The molecule has 3 rings (SSSR count). The van der Waals surface area contributed by atoms with E-state index in [2.05, 4.69) is 5.32 Å². The number of nitrogens with one attached hydrogen (secondary N) is 1. The first-order valence-corrected chi connectivity index (χ1v) is 8.53. The molecule has 2 amide bonds. The van der Waals surface area contributed by atoms with Crippen molar-refractivity contribution in [1.82, 2.24) is 10.2 Å². The largest absolute Gasteiger partial charge is 0.408 e. The van der Waals surface area contributed by atoms with Crippen LogP contribution in [0, 0.1) is 0 Å². The molecule has 1 aliphatic heterocycles. The molecule has 136 valence electrons. The molecule has 2 atom stereocenters. The van der Waals surface area contributed by atoms with Crippen molar-refractivity contribution in [2.45, 2.75) is 57.3 Å². The first-order chi connectivity index (χ1) is 11.8. The Balaban J connectivity index is 1.90. The number of alkyl halides is 3. The van der Waals surface area contributed by atoms with Gasteiger partial charge in [-0.3, -0.25) is 9.59 Å². The van der Waals surface area contributed by atoms with Gasteiger partial charge in [-0.2, -0.15) is 13.2 Å². The summed E-state index contributed by atoms with van der Waals surface area (Å²) >= 11 is 0. The molecule has 2 aliphatic rings. The summed E-state index contributed by atoms with van der Waals surface area (Å²) in [4.78, 5) is 25.1. The number of hydrogen-bond acceptors (Lipinski definition) is 2. The summed E-state index contributed by atoms with van der Waals surface area (Å²) in [7, 11) is 0. The molecule has 4 nitrogen and oxygen atoms in total. The Morgan fingerprint density at radius 3 is 2.64 bits per heavy atom. The topological polar surface area (TPSA) is 49.4 Å². The average molecular weight is 354 g/mol. The van der Waals surface area contributed by atoms with Crippen LogP contribution in [0.25, 0.3) is 0 Å². The zero-order valence-electron chi connectivity index (χ0n) is 14.0. The number of hydrogen-bond donors (Lipinski definition) is 1. The number of likely N-dealkylation sites (tertiary alicyclic amines) is 1. The molecule has 1 aromatic rings. The summed E-state index contributed by atoms with van der Waals surface area (Å²) < 4.78 is 40.3. The number of piperidine rings is 1. The van der Waals surface area contributed by atoms with Gasteiger partial charge in [0.1, 0.15) is 6.04 Å². The van der Waals surface area contributed by atoms with E-state index in [1.165, 1.54) is 6.92 Å². The zero-order chi connectivity index (χ0) is 18.2. The Hall–Kier alpha value is -2.05. The van der Waals surface area contributed by atoms with Gasteiger partial charge in [0, 0.05) is 25.1 Å². The lowest BCUT2D eigenvalue weighted by Gasteiger charge is -2.40. The molecule has 1 aliphatic carbocycles. The van der Waals surface area contributed by atoms with E-state index < -0.39 is 24.2 Å². The lowest BCUT2D eigenvalue weighted by atomic mass is 9.95. The molecule has 0 aromatic heterocycles. The second-order valence-electron chi connectivity index (χ2n) is 6.79. The average Bonchev–Trinajstić information content (AvgIpc) is 3.01. The summed E-state index contributed by atoms with van der Waals surface area (Å²) in [6.45, 7) is 1.21. The standard InChI is InChI=1S/C18H21F3N2O2/c1-11(24)22-13-8-9-16(18(19,20)21)23(10-13)17(25)15-7-3-5-12-4-2-6-14(12)15/h3,5,7,13,16H,2,4,6,8-10H2,1H3,(H,22,24)/t13-,16-/m1/s1. The Morgan fingerprint density at radius 2 is 1.96 bits per heavy atom. The molecule has 0 radical (unpaired) electrons. The Bertz CT molecular complexity index is 687. The van der Waals surface area contributed by atoms with Crippen LogP contribution in [0.3, 0.4) is 0 Å². The third-order valence-corrected chi connectivity index (χ3v) is 5.00. The molecule has 0 spiro atoms. The predicted octanol–water partition coefficient (Wildman–Crippen LogP) is 2.85. The molecule has 25 heavy (non-hydrogen) atoms. The zero-order valence-corrected chi connectivity index (χ0v) is 14.0. The lowest BCUT2D eigenvalue weighted by molar-refractivity contribution is -0.184. The molecule has 0 unspecified atom stereocenters. The predicted molar refractivity (Wildman–Crippen MR) is 86.2 cm³/mol. The summed E-state index contributed by atoms with van der Waals surface area (Å²) in [6, 6.07) is 3.02. The highest BCUT2D eigenvalue weighted by molar-refractivity contribution is 5.96. The van der Waals surface area contributed by atoms with Crippen LogP contribution >= 0.6 is 0 Å². The van der Waals surface area contributed by atoms with E-state index in [-0.39, 0.29) is 25.3 Å². The fraction of sp³-hybridized carbons (Fsp3) is 0.556. The van der Waals surface area contributed by atoms with E-state index in [9.17, 15) is 22.8 Å². The van der Waals surface area contributed by atoms with E-state index in [1.54, 1.807) is 12.1 Å². The van der Waals surface area contributed by atoms with E-state index >= 15 is 0 Å². The van der Waals surface area contributed by atoms with Crippen LogP contribution in [0.4, 0.5) is 13.2 Å². The molecule has 1 heterocycles. The number of amides is 2. The highest BCUT2D eigenvalue weighted by atomic mass is 19.4. The van der Waals surface area contributed by atoms with Crippen LogP contribution in [0.1, 0.15) is 47.7 Å². The fourth-order valence-corrected chi connectivity index (χ4v) is 3.92. The first kappa shape index (κ1) is 17.8. The van der Waals surface area contributed by atoms with Gasteiger partial charge in [0.25, 0.3) is 5.91 Å². The van der Waals surface area contributed by atoms with Gasteiger partial charge in [-0.15, -0.1) is 0 Å². The van der Waals surface area contributed by atoms with Crippen LogP contribution in [0.5, 0.6) is 0 Å². The second-order valence-corrected chi connectivity index (χ2v) is 6.79. The molecule has 1 aromatic carbocycles. The Kier molecular flexibility index (Phi) is 4.75. The molecular formula is C18H21F3N2O2. The van der Waals surface area contributed by atoms with Crippen molar-refractivity contribution in [2.75, 3.05) is 6.54 Å². The number of benzene rings is 1. The van der Waals surface area contributed by atoms with E-state index in [1.807, 2.05) is 6.07 Å². The van der Waals surface area contributed by atoms with Crippen molar-refractivity contribution < 1.29 is 22.8 Å². The minimum Gasteiger partial charge on any atom is -0.352 e. The minimum atomic E-state index is -4.48. The van der Waals surface area contributed by atoms with Gasteiger partial charge in [0.05, 0.1) is 0 Å². The normalized spacial score (nSPS) is 23.3. The van der Waals surface area contributed by atoms with Crippen molar-refractivity contribution in [3.8, 4) is 0 Å². The van der Waals surface area contributed by atoms with E-state index in [4.69, 9.17) is 0 Å². The maximum atomic E-state index is 13.4. The van der Waals surface area contributed by atoms with E-state index in [0.29, 0.717) is 5.56 Å². The number of rotatable bonds is 2. The van der Waals surface area contributed by atoms with Gasteiger partial charge in [-0.25, -0.2) is 0 Å². The van der Waals surface area contributed by atoms with Crippen LogP contribution in [-0.4, -0.2) is 41.5 Å². The molecule has 1 saturated heterocycles. The van der Waals surface area contributed by atoms with Gasteiger partial charge < -0.3 is 10.2 Å². The quantitative estimate of drug-likeness (QED) is 0.888. The molecule has 1 N–H and O–H groups in total. The van der Waals surface area contributed by atoms with Gasteiger partial charge in [-0.1, -0.05) is 12.1 Å². The van der Waals surface area contributed by atoms with Gasteiger partial charge >= 0.3 is 6.18 Å². The maximum absolute atomic E-state index is 13.4.